The summed E-state index contributed by atoms with van der Waals surface area (Å²) in [6.07, 6.45) is 7.36. The molecule has 0 radical (unpaired) electrons. The average Bonchev–Trinajstić information content (AvgIpc) is 2.58. The van der Waals surface area contributed by atoms with Crippen molar-refractivity contribution in [2.24, 2.45) is 0 Å². The van der Waals surface area contributed by atoms with Gasteiger partial charge in [0.25, 0.3) is 0 Å². The highest BCUT2D eigenvalue weighted by Gasteiger charge is 2.00. The fourth-order valence-corrected chi connectivity index (χ4v) is 1.92. The van der Waals surface area contributed by atoms with E-state index in [9.17, 15) is 4.79 Å². The van der Waals surface area contributed by atoms with Gasteiger partial charge in [-0.1, -0.05) is 38.5 Å². The van der Waals surface area contributed by atoms with Gasteiger partial charge in [-0.05, 0) is 31.4 Å². The van der Waals surface area contributed by atoms with Crippen LogP contribution in [-0.2, 0) is 9.53 Å². The first kappa shape index (κ1) is 19.2. The van der Waals surface area contributed by atoms with Crippen LogP contribution >= 0.6 is 0 Å². The van der Waals surface area contributed by atoms with Gasteiger partial charge in [-0.15, -0.1) is 0 Å². The molecule has 0 aromatic heterocycles. The molecule has 128 valence electrons. The van der Waals surface area contributed by atoms with Gasteiger partial charge in [-0.3, -0.25) is 4.79 Å². The summed E-state index contributed by atoms with van der Waals surface area (Å²) in [6, 6.07) is 7.72. The second-order valence-corrected chi connectivity index (χ2v) is 5.33. The first-order valence-corrected chi connectivity index (χ1v) is 8.53. The van der Waals surface area contributed by atoms with E-state index in [0.29, 0.717) is 19.8 Å². The molecular formula is C19H29NO3. The molecule has 0 aliphatic heterocycles. The summed E-state index contributed by atoms with van der Waals surface area (Å²) in [4.78, 5) is 11.8. The Hall–Kier alpha value is -1.81. The minimum Gasteiger partial charge on any atom is -0.493 e. The SMILES string of the molecule is CCCCOCCCNC(=O)/C=C/c1ccccc1OCCC. The monoisotopic (exact) mass is 319 g/mol. The maximum atomic E-state index is 11.8. The van der Waals surface area contributed by atoms with E-state index in [2.05, 4.69) is 19.2 Å². The third kappa shape index (κ3) is 9.04. The van der Waals surface area contributed by atoms with E-state index in [1.165, 1.54) is 0 Å². The summed E-state index contributed by atoms with van der Waals surface area (Å²) in [6.45, 7) is 7.01. The average molecular weight is 319 g/mol. The molecule has 0 spiro atoms. The van der Waals surface area contributed by atoms with Crippen molar-refractivity contribution in [3.05, 3.63) is 35.9 Å². The predicted octanol–water partition coefficient (Wildman–Crippen LogP) is 3.81. The van der Waals surface area contributed by atoms with Crippen molar-refractivity contribution in [1.29, 1.82) is 0 Å². The first-order chi connectivity index (χ1) is 11.3. The lowest BCUT2D eigenvalue weighted by atomic mass is 10.2. The zero-order valence-electron chi connectivity index (χ0n) is 14.3. The molecule has 0 atom stereocenters. The third-order valence-electron chi connectivity index (χ3n) is 3.20. The standard InChI is InChI=1S/C19H29NO3/c1-3-5-15-22-16-8-13-20-19(21)12-11-17-9-6-7-10-18(17)23-14-4-2/h6-7,9-12H,3-5,8,13-16H2,1-2H3,(H,20,21)/b12-11+. The lowest BCUT2D eigenvalue weighted by Gasteiger charge is -2.07. The number of nitrogens with one attached hydrogen (secondary N) is 1. The maximum absolute atomic E-state index is 11.8. The van der Waals surface area contributed by atoms with Crippen LogP contribution in [0.25, 0.3) is 6.08 Å². The van der Waals surface area contributed by atoms with Crippen LogP contribution in [0.3, 0.4) is 0 Å². The first-order valence-electron chi connectivity index (χ1n) is 8.53. The summed E-state index contributed by atoms with van der Waals surface area (Å²) < 4.78 is 11.1. The largest absolute Gasteiger partial charge is 0.493 e. The zero-order chi connectivity index (χ0) is 16.8. The van der Waals surface area contributed by atoms with Crippen molar-refractivity contribution in [3.8, 4) is 5.75 Å². The van der Waals surface area contributed by atoms with E-state index in [-0.39, 0.29) is 5.91 Å². The van der Waals surface area contributed by atoms with E-state index in [1.54, 1.807) is 12.2 Å². The minimum atomic E-state index is -0.0937. The Kier molecular flexibility index (Phi) is 10.6. The van der Waals surface area contributed by atoms with Crippen molar-refractivity contribution in [3.63, 3.8) is 0 Å². The Morgan fingerprint density at radius 3 is 2.65 bits per heavy atom. The number of unbranched alkanes of at least 4 members (excludes halogenated alkanes) is 1. The summed E-state index contributed by atoms with van der Waals surface area (Å²) in [7, 11) is 0. The van der Waals surface area contributed by atoms with Crippen molar-refractivity contribution in [2.75, 3.05) is 26.4 Å². The van der Waals surface area contributed by atoms with Crippen LogP contribution in [0, 0.1) is 0 Å². The third-order valence-corrected chi connectivity index (χ3v) is 3.20. The predicted molar refractivity (Wildman–Crippen MR) is 94.6 cm³/mol. The molecule has 1 rings (SSSR count). The molecule has 0 bridgehead atoms. The highest BCUT2D eigenvalue weighted by Crippen LogP contribution is 2.19. The number of para-hydroxylation sites is 1. The number of rotatable bonds is 12. The van der Waals surface area contributed by atoms with Crippen molar-refractivity contribution in [2.45, 2.75) is 39.5 Å². The lowest BCUT2D eigenvalue weighted by Crippen LogP contribution is -2.23. The number of carbonyl (C=O) groups is 1. The van der Waals surface area contributed by atoms with Gasteiger partial charge in [0, 0.05) is 31.4 Å². The van der Waals surface area contributed by atoms with Crippen LogP contribution in [0.5, 0.6) is 5.75 Å². The fourth-order valence-electron chi connectivity index (χ4n) is 1.92. The number of hydrogen-bond acceptors (Lipinski definition) is 3. The normalized spacial score (nSPS) is 10.9. The van der Waals surface area contributed by atoms with E-state index in [0.717, 1.165) is 43.6 Å². The van der Waals surface area contributed by atoms with Crippen LogP contribution < -0.4 is 10.1 Å². The van der Waals surface area contributed by atoms with Gasteiger partial charge in [0.1, 0.15) is 5.75 Å². The molecule has 1 aromatic rings. The fraction of sp³-hybridized carbons (Fsp3) is 0.526. The van der Waals surface area contributed by atoms with E-state index >= 15 is 0 Å². The second-order valence-electron chi connectivity index (χ2n) is 5.33. The van der Waals surface area contributed by atoms with Crippen LogP contribution in [0.4, 0.5) is 0 Å². The quantitative estimate of drug-likeness (QED) is 0.471. The van der Waals surface area contributed by atoms with E-state index < -0.39 is 0 Å². The molecule has 1 amide bonds. The van der Waals surface area contributed by atoms with Crippen molar-refractivity contribution in [1.82, 2.24) is 5.32 Å². The Bertz CT molecular complexity index is 471. The van der Waals surface area contributed by atoms with Gasteiger partial charge < -0.3 is 14.8 Å². The van der Waals surface area contributed by atoms with Gasteiger partial charge in [-0.25, -0.2) is 0 Å². The Morgan fingerprint density at radius 1 is 1.09 bits per heavy atom. The number of ether oxygens (including phenoxy) is 2. The van der Waals surface area contributed by atoms with E-state index in [1.807, 2.05) is 24.3 Å². The smallest absolute Gasteiger partial charge is 0.244 e. The van der Waals surface area contributed by atoms with Crippen molar-refractivity contribution >= 4 is 12.0 Å². The number of hydrogen-bond donors (Lipinski definition) is 1. The topological polar surface area (TPSA) is 47.6 Å². The molecule has 1 aromatic carbocycles. The van der Waals surface area contributed by atoms with Crippen LogP contribution in [0.2, 0.25) is 0 Å². The Labute approximate surface area is 139 Å². The number of carbonyl (C=O) groups excluding carboxylic acids is 1. The van der Waals surface area contributed by atoms with Crippen molar-refractivity contribution < 1.29 is 14.3 Å². The van der Waals surface area contributed by atoms with Gasteiger partial charge in [0.05, 0.1) is 6.61 Å². The maximum Gasteiger partial charge on any atom is 0.244 e. The molecule has 1 N–H and O–H groups in total. The summed E-state index contributed by atoms with van der Waals surface area (Å²) >= 11 is 0. The molecule has 0 aliphatic carbocycles. The minimum absolute atomic E-state index is 0.0937. The van der Waals surface area contributed by atoms with Gasteiger partial charge >= 0.3 is 0 Å². The summed E-state index contributed by atoms with van der Waals surface area (Å²) in [5, 5.41) is 2.86. The number of benzene rings is 1. The summed E-state index contributed by atoms with van der Waals surface area (Å²) in [5.41, 5.74) is 0.916. The molecule has 0 unspecified atom stereocenters. The molecule has 4 heteroatoms. The van der Waals surface area contributed by atoms with Crippen LogP contribution in [0.1, 0.15) is 45.1 Å². The molecule has 0 fully saturated rings. The Balaban J connectivity index is 2.29. The molecule has 0 aliphatic rings. The molecule has 0 saturated carbocycles. The molecule has 4 nitrogen and oxygen atoms in total. The molecule has 0 saturated heterocycles. The number of amides is 1. The van der Waals surface area contributed by atoms with Gasteiger partial charge in [0.2, 0.25) is 5.91 Å². The van der Waals surface area contributed by atoms with Gasteiger partial charge in [0.15, 0.2) is 0 Å². The highest BCUT2D eigenvalue weighted by molar-refractivity contribution is 5.92. The lowest BCUT2D eigenvalue weighted by molar-refractivity contribution is -0.116. The second kappa shape index (κ2) is 12.7. The van der Waals surface area contributed by atoms with Gasteiger partial charge in [-0.2, -0.15) is 0 Å². The zero-order valence-corrected chi connectivity index (χ0v) is 14.3. The van der Waals surface area contributed by atoms with Crippen LogP contribution in [0.15, 0.2) is 30.3 Å². The Morgan fingerprint density at radius 2 is 1.87 bits per heavy atom. The molecular weight excluding hydrogens is 290 g/mol. The molecule has 0 heterocycles. The highest BCUT2D eigenvalue weighted by atomic mass is 16.5. The molecule has 23 heavy (non-hydrogen) atoms. The summed E-state index contributed by atoms with van der Waals surface area (Å²) in [5.74, 6) is 0.714. The van der Waals surface area contributed by atoms with Crippen LogP contribution in [-0.4, -0.2) is 32.3 Å². The van der Waals surface area contributed by atoms with E-state index in [4.69, 9.17) is 9.47 Å².